The molecular weight excluding hydrogens is 231 g/mol. The van der Waals surface area contributed by atoms with Gasteiger partial charge < -0.3 is 10.0 Å². The van der Waals surface area contributed by atoms with Crippen molar-refractivity contribution in [2.24, 2.45) is 5.92 Å². The summed E-state index contributed by atoms with van der Waals surface area (Å²) in [6.45, 7) is 0.827. The topological polar surface area (TPSA) is 23.5 Å². The zero-order chi connectivity index (χ0) is 11.5. The van der Waals surface area contributed by atoms with E-state index in [4.69, 9.17) is 11.6 Å². The lowest BCUT2D eigenvalue weighted by atomic mass is 9.97. The highest BCUT2D eigenvalue weighted by Crippen LogP contribution is 2.33. The SMILES string of the molecule is OC(CCl)CN1CCCC(C(F)(F)F)C1. The summed E-state index contributed by atoms with van der Waals surface area (Å²) in [5.41, 5.74) is 0. The molecule has 0 aromatic heterocycles. The zero-order valence-electron chi connectivity index (χ0n) is 8.30. The van der Waals surface area contributed by atoms with Crippen LogP contribution in [0.5, 0.6) is 0 Å². The van der Waals surface area contributed by atoms with Gasteiger partial charge in [-0.3, -0.25) is 0 Å². The van der Waals surface area contributed by atoms with E-state index in [1.54, 1.807) is 4.90 Å². The van der Waals surface area contributed by atoms with Crippen molar-refractivity contribution in [2.45, 2.75) is 25.1 Å². The van der Waals surface area contributed by atoms with Crippen molar-refractivity contribution in [1.82, 2.24) is 4.90 Å². The number of likely N-dealkylation sites (tertiary alicyclic amines) is 1. The van der Waals surface area contributed by atoms with Crippen LogP contribution in [0, 0.1) is 5.92 Å². The number of alkyl halides is 4. The van der Waals surface area contributed by atoms with Gasteiger partial charge in [-0.05, 0) is 19.4 Å². The Morgan fingerprint density at radius 3 is 2.67 bits per heavy atom. The second-order valence-electron chi connectivity index (χ2n) is 3.95. The zero-order valence-corrected chi connectivity index (χ0v) is 9.06. The smallest absolute Gasteiger partial charge is 0.391 e. The quantitative estimate of drug-likeness (QED) is 0.768. The van der Waals surface area contributed by atoms with Gasteiger partial charge in [-0.15, -0.1) is 11.6 Å². The van der Waals surface area contributed by atoms with Gasteiger partial charge >= 0.3 is 6.18 Å². The first kappa shape index (κ1) is 13.1. The lowest BCUT2D eigenvalue weighted by Gasteiger charge is -2.34. The number of hydrogen-bond acceptors (Lipinski definition) is 2. The van der Waals surface area contributed by atoms with Crippen LogP contribution < -0.4 is 0 Å². The van der Waals surface area contributed by atoms with Gasteiger partial charge in [-0.25, -0.2) is 0 Å². The highest BCUT2D eigenvalue weighted by molar-refractivity contribution is 6.18. The van der Waals surface area contributed by atoms with Gasteiger partial charge in [-0.2, -0.15) is 13.2 Å². The van der Waals surface area contributed by atoms with Crippen LogP contribution in [-0.4, -0.2) is 47.8 Å². The maximum Gasteiger partial charge on any atom is 0.393 e. The minimum absolute atomic E-state index is 0.0164. The highest BCUT2D eigenvalue weighted by Gasteiger charge is 2.41. The maximum atomic E-state index is 12.4. The molecule has 0 amide bonds. The van der Waals surface area contributed by atoms with Gasteiger partial charge in [0.05, 0.1) is 12.0 Å². The molecule has 6 heteroatoms. The minimum Gasteiger partial charge on any atom is -0.391 e. The Bertz CT molecular complexity index is 200. The minimum atomic E-state index is -4.12. The van der Waals surface area contributed by atoms with Crippen molar-refractivity contribution >= 4 is 11.6 Å². The van der Waals surface area contributed by atoms with Crippen molar-refractivity contribution in [2.75, 3.05) is 25.5 Å². The van der Waals surface area contributed by atoms with E-state index >= 15 is 0 Å². The van der Waals surface area contributed by atoms with E-state index in [1.165, 1.54) is 0 Å². The summed E-state index contributed by atoms with van der Waals surface area (Å²) < 4.78 is 37.3. The molecule has 0 aromatic carbocycles. The van der Waals surface area contributed by atoms with Crippen LogP contribution in [0.15, 0.2) is 0 Å². The first-order chi connectivity index (χ1) is 6.93. The largest absolute Gasteiger partial charge is 0.393 e. The van der Waals surface area contributed by atoms with E-state index in [9.17, 15) is 18.3 Å². The molecule has 0 aliphatic carbocycles. The van der Waals surface area contributed by atoms with Crippen LogP contribution >= 0.6 is 11.6 Å². The summed E-state index contributed by atoms with van der Waals surface area (Å²) >= 11 is 5.40. The van der Waals surface area contributed by atoms with Crippen molar-refractivity contribution in [3.8, 4) is 0 Å². The van der Waals surface area contributed by atoms with Crippen LogP contribution in [0.3, 0.4) is 0 Å². The average molecular weight is 246 g/mol. The molecule has 2 nitrogen and oxygen atoms in total. The molecular formula is C9H15ClF3NO. The fourth-order valence-corrected chi connectivity index (χ4v) is 1.93. The number of piperidine rings is 1. The van der Waals surface area contributed by atoms with Crippen molar-refractivity contribution in [3.63, 3.8) is 0 Å². The van der Waals surface area contributed by atoms with Crippen molar-refractivity contribution in [1.29, 1.82) is 0 Å². The van der Waals surface area contributed by atoms with Crippen molar-refractivity contribution < 1.29 is 18.3 Å². The predicted octanol–water partition coefficient (Wildman–Crippen LogP) is 1.86. The fraction of sp³-hybridized carbons (Fsp3) is 1.00. The van der Waals surface area contributed by atoms with E-state index in [2.05, 4.69) is 0 Å². The molecule has 0 spiro atoms. The fourth-order valence-electron chi connectivity index (χ4n) is 1.84. The number of rotatable bonds is 3. The number of β-amino-alcohol motifs (C(OH)–C–C–N with tert-alkyl or cyclic N) is 1. The Morgan fingerprint density at radius 2 is 2.13 bits per heavy atom. The number of hydrogen-bond donors (Lipinski definition) is 1. The summed E-state index contributed by atoms with van der Waals surface area (Å²) in [5.74, 6) is -1.19. The van der Waals surface area contributed by atoms with Crippen LogP contribution in [-0.2, 0) is 0 Å². The molecule has 0 saturated carbocycles. The Morgan fingerprint density at radius 1 is 1.47 bits per heavy atom. The molecule has 1 aliphatic rings. The van der Waals surface area contributed by atoms with Gasteiger partial charge in [0.15, 0.2) is 0 Å². The van der Waals surface area contributed by atoms with E-state index in [0.717, 1.165) is 0 Å². The number of aliphatic hydroxyl groups is 1. The van der Waals surface area contributed by atoms with Gasteiger partial charge in [0.2, 0.25) is 0 Å². The standard InChI is InChI=1S/C9H15ClF3NO/c10-4-8(15)6-14-3-1-2-7(5-14)9(11,12)13/h7-8,15H,1-6H2. The Balaban J connectivity index is 2.42. The second kappa shape index (κ2) is 5.37. The van der Waals surface area contributed by atoms with Gasteiger partial charge in [0, 0.05) is 19.0 Å². The molecule has 1 rings (SSSR count). The van der Waals surface area contributed by atoms with Gasteiger partial charge in [-0.1, -0.05) is 0 Å². The van der Waals surface area contributed by atoms with Gasteiger partial charge in [0.25, 0.3) is 0 Å². The third-order valence-corrected chi connectivity index (χ3v) is 2.97. The third kappa shape index (κ3) is 4.17. The predicted molar refractivity (Wildman–Crippen MR) is 51.9 cm³/mol. The lowest BCUT2D eigenvalue weighted by Crippen LogP contribution is -2.44. The van der Waals surface area contributed by atoms with Crippen LogP contribution in [0.25, 0.3) is 0 Å². The third-order valence-electron chi connectivity index (χ3n) is 2.62. The van der Waals surface area contributed by atoms with Crippen LogP contribution in [0.1, 0.15) is 12.8 Å². The maximum absolute atomic E-state index is 12.4. The molecule has 1 fully saturated rings. The highest BCUT2D eigenvalue weighted by atomic mass is 35.5. The molecule has 1 aliphatic heterocycles. The van der Waals surface area contributed by atoms with E-state index < -0.39 is 18.2 Å². The summed E-state index contributed by atoms with van der Waals surface area (Å²) in [7, 11) is 0. The average Bonchev–Trinajstić information content (AvgIpc) is 2.17. The Labute approximate surface area is 92.0 Å². The molecule has 2 unspecified atom stereocenters. The van der Waals surface area contributed by atoms with Crippen LogP contribution in [0.4, 0.5) is 13.2 Å². The molecule has 1 heterocycles. The van der Waals surface area contributed by atoms with E-state index in [-0.39, 0.29) is 25.4 Å². The van der Waals surface area contributed by atoms with Crippen LogP contribution in [0.2, 0.25) is 0 Å². The summed E-state index contributed by atoms with van der Waals surface area (Å²) in [6, 6.07) is 0. The molecule has 15 heavy (non-hydrogen) atoms. The summed E-state index contributed by atoms with van der Waals surface area (Å²) in [5, 5.41) is 9.24. The summed E-state index contributed by atoms with van der Waals surface area (Å²) in [6.07, 6.45) is -4.14. The van der Waals surface area contributed by atoms with Crippen molar-refractivity contribution in [3.05, 3.63) is 0 Å². The second-order valence-corrected chi connectivity index (χ2v) is 4.26. The molecule has 0 radical (unpaired) electrons. The first-order valence-electron chi connectivity index (χ1n) is 4.96. The summed E-state index contributed by atoms with van der Waals surface area (Å²) in [4.78, 5) is 1.63. The first-order valence-corrected chi connectivity index (χ1v) is 5.50. The number of halogens is 4. The Hall–Kier alpha value is -0.0000000000000000555. The van der Waals surface area contributed by atoms with Gasteiger partial charge in [0.1, 0.15) is 0 Å². The Kier molecular flexibility index (Phi) is 4.67. The molecule has 1 saturated heterocycles. The van der Waals surface area contributed by atoms with E-state index in [0.29, 0.717) is 13.0 Å². The van der Waals surface area contributed by atoms with E-state index in [1.807, 2.05) is 0 Å². The number of nitrogens with zero attached hydrogens (tertiary/aromatic N) is 1. The molecule has 1 N–H and O–H groups in total. The molecule has 0 aromatic rings. The molecule has 90 valence electrons. The molecule has 0 bridgehead atoms. The molecule has 2 atom stereocenters. The normalized spacial score (nSPS) is 26.6. The lowest BCUT2D eigenvalue weighted by molar-refractivity contribution is -0.187. The number of aliphatic hydroxyl groups excluding tert-OH is 1. The monoisotopic (exact) mass is 245 g/mol.